The number of nitrogens with zero attached hydrogens (tertiary/aromatic N) is 3. The molecule has 1 aromatic rings. The zero-order valence-electron chi connectivity index (χ0n) is 15.6. The molecule has 1 aliphatic rings. The van der Waals surface area contributed by atoms with Crippen LogP contribution < -0.4 is 4.74 Å². The maximum atomic E-state index is 12.7. The summed E-state index contributed by atoms with van der Waals surface area (Å²) >= 11 is 0. The van der Waals surface area contributed by atoms with Crippen LogP contribution in [0.25, 0.3) is 0 Å². The van der Waals surface area contributed by atoms with Gasteiger partial charge in [0.05, 0.1) is 18.1 Å². The minimum Gasteiger partial charge on any atom is -0.487 e. The molecule has 27 heavy (non-hydrogen) atoms. The molecule has 0 atom stereocenters. The van der Waals surface area contributed by atoms with Gasteiger partial charge in [-0.25, -0.2) is 0 Å². The first kappa shape index (κ1) is 20.6. The number of carbonyl (C=O) groups excluding carboxylic acids is 1. The van der Waals surface area contributed by atoms with Gasteiger partial charge in [0.15, 0.2) is 5.75 Å². The number of likely N-dealkylation sites (tertiary alicyclic amines) is 1. The second kappa shape index (κ2) is 9.31. The van der Waals surface area contributed by atoms with Gasteiger partial charge < -0.3 is 14.7 Å². The van der Waals surface area contributed by atoms with Crippen molar-refractivity contribution in [2.24, 2.45) is 0 Å². The van der Waals surface area contributed by atoms with Crippen molar-refractivity contribution in [3.63, 3.8) is 0 Å². The lowest BCUT2D eigenvalue weighted by molar-refractivity contribution is -0.385. The molecule has 1 aliphatic heterocycles. The first-order chi connectivity index (χ1) is 12.9. The monoisotopic (exact) mass is 379 g/mol. The Morgan fingerprint density at radius 2 is 2.00 bits per heavy atom. The van der Waals surface area contributed by atoms with E-state index in [2.05, 4.69) is 0 Å². The van der Waals surface area contributed by atoms with Crippen molar-refractivity contribution in [3.05, 3.63) is 33.9 Å². The number of nitro benzene ring substituents is 1. The summed E-state index contributed by atoms with van der Waals surface area (Å²) in [6.45, 7) is 5.54. The number of aliphatic carboxylic acids is 1. The van der Waals surface area contributed by atoms with E-state index in [9.17, 15) is 19.7 Å². The second-order valence-corrected chi connectivity index (χ2v) is 6.35. The van der Waals surface area contributed by atoms with Crippen LogP contribution in [-0.2, 0) is 4.79 Å². The zero-order valence-corrected chi connectivity index (χ0v) is 15.6. The molecule has 1 fully saturated rings. The van der Waals surface area contributed by atoms with Gasteiger partial charge >= 0.3 is 11.7 Å². The molecular formula is C18H25N3O6. The van der Waals surface area contributed by atoms with E-state index in [0.29, 0.717) is 39.1 Å². The Hall–Kier alpha value is -2.68. The highest BCUT2D eigenvalue weighted by atomic mass is 16.6. The Bertz CT molecular complexity index is 700. The smallest absolute Gasteiger partial charge is 0.317 e. The summed E-state index contributed by atoms with van der Waals surface area (Å²) in [4.78, 5) is 37.9. The van der Waals surface area contributed by atoms with Crippen LogP contribution in [0.3, 0.4) is 0 Å². The maximum Gasteiger partial charge on any atom is 0.317 e. The number of amides is 1. The normalized spacial score (nSPS) is 15.0. The van der Waals surface area contributed by atoms with Gasteiger partial charge in [-0.3, -0.25) is 24.6 Å². The molecule has 1 aromatic carbocycles. The number of ether oxygens (including phenoxy) is 1. The number of hydrogen-bond donors (Lipinski definition) is 1. The second-order valence-electron chi connectivity index (χ2n) is 6.35. The van der Waals surface area contributed by atoms with Crippen LogP contribution in [0.2, 0.25) is 0 Å². The third kappa shape index (κ3) is 5.16. The van der Waals surface area contributed by atoms with Crippen molar-refractivity contribution in [2.45, 2.75) is 32.7 Å². The minimum atomic E-state index is -0.864. The average Bonchev–Trinajstić information content (AvgIpc) is 2.66. The van der Waals surface area contributed by atoms with Gasteiger partial charge in [-0.2, -0.15) is 0 Å². The highest BCUT2D eigenvalue weighted by molar-refractivity contribution is 5.95. The third-order valence-electron chi connectivity index (χ3n) is 4.72. The lowest BCUT2D eigenvalue weighted by Gasteiger charge is -2.37. The molecule has 9 nitrogen and oxygen atoms in total. The molecule has 0 saturated carbocycles. The Labute approximate surface area is 157 Å². The molecule has 0 aromatic heterocycles. The number of carbonyl (C=O) groups is 2. The molecule has 0 unspecified atom stereocenters. The lowest BCUT2D eigenvalue weighted by Crippen LogP contribution is -2.48. The van der Waals surface area contributed by atoms with Crippen molar-refractivity contribution >= 4 is 17.6 Å². The summed E-state index contributed by atoms with van der Waals surface area (Å²) in [7, 11) is 0. The molecule has 1 heterocycles. The maximum absolute atomic E-state index is 12.7. The van der Waals surface area contributed by atoms with Crippen molar-refractivity contribution in [1.82, 2.24) is 9.80 Å². The van der Waals surface area contributed by atoms with Gasteiger partial charge in [0.25, 0.3) is 5.91 Å². The Kier molecular flexibility index (Phi) is 7.12. The summed E-state index contributed by atoms with van der Waals surface area (Å²) in [5.41, 5.74) is 0.0256. The van der Waals surface area contributed by atoms with Gasteiger partial charge in [-0.05, 0) is 38.4 Å². The molecule has 0 bridgehead atoms. The highest BCUT2D eigenvalue weighted by Gasteiger charge is 2.28. The number of likely N-dealkylation sites (N-methyl/N-ethyl adjacent to an activating group) is 1. The number of carboxylic acids is 1. The first-order valence-electron chi connectivity index (χ1n) is 9.03. The van der Waals surface area contributed by atoms with Crippen LogP contribution in [0.15, 0.2) is 18.2 Å². The summed E-state index contributed by atoms with van der Waals surface area (Å²) in [6.07, 6.45) is 1.35. The Morgan fingerprint density at radius 1 is 1.33 bits per heavy atom. The standard InChI is InChI=1S/C18H25N3O6/c1-3-19(12-17(22)23)14-7-9-20(10-8-14)18(24)13-5-6-16(27-4-2)15(11-13)21(25)26/h5-6,11,14H,3-4,7-10,12H2,1-2H3,(H,22,23). The summed E-state index contributed by atoms with van der Waals surface area (Å²) in [5.74, 6) is -0.983. The van der Waals surface area contributed by atoms with Gasteiger partial charge in [-0.15, -0.1) is 0 Å². The molecular weight excluding hydrogens is 354 g/mol. The minimum absolute atomic E-state index is 0.0137. The van der Waals surface area contributed by atoms with Crippen molar-refractivity contribution in [2.75, 3.05) is 32.8 Å². The molecule has 1 N–H and O–H groups in total. The van der Waals surface area contributed by atoms with E-state index in [1.54, 1.807) is 11.8 Å². The number of carboxylic acid groups (broad SMARTS) is 1. The van der Waals surface area contributed by atoms with Gasteiger partial charge in [-0.1, -0.05) is 6.92 Å². The third-order valence-corrected chi connectivity index (χ3v) is 4.72. The number of piperidine rings is 1. The topological polar surface area (TPSA) is 113 Å². The van der Waals surface area contributed by atoms with E-state index in [4.69, 9.17) is 9.84 Å². The van der Waals surface area contributed by atoms with Crippen LogP contribution >= 0.6 is 0 Å². The van der Waals surface area contributed by atoms with E-state index in [-0.39, 0.29) is 35.5 Å². The van der Waals surface area contributed by atoms with Crippen molar-refractivity contribution in [1.29, 1.82) is 0 Å². The van der Waals surface area contributed by atoms with Crippen LogP contribution in [0.4, 0.5) is 5.69 Å². The van der Waals surface area contributed by atoms with E-state index < -0.39 is 10.9 Å². The molecule has 0 aliphatic carbocycles. The average molecular weight is 379 g/mol. The Balaban J connectivity index is 2.06. The fourth-order valence-corrected chi connectivity index (χ4v) is 3.36. The first-order valence-corrected chi connectivity index (χ1v) is 9.03. The van der Waals surface area contributed by atoms with Crippen molar-refractivity contribution in [3.8, 4) is 5.75 Å². The van der Waals surface area contributed by atoms with Crippen LogP contribution in [-0.4, -0.2) is 70.5 Å². The SMILES string of the molecule is CCOc1ccc(C(=O)N2CCC(N(CC)CC(=O)O)CC2)cc1[N+](=O)[O-]. The summed E-state index contributed by atoms with van der Waals surface area (Å²) in [6, 6.07) is 4.36. The van der Waals surface area contributed by atoms with Gasteiger partial charge in [0, 0.05) is 30.8 Å². The molecule has 0 spiro atoms. The van der Waals surface area contributed by atoms with E-state index >= 15 is 0 Å². The zero-order chi connectivity index (χ0) is 20.0. The fourth-order valence-electron chi connectivity index (χ4n) is 3.36. The molecule has 0 radical (unpaired) electrons. The highest BCUT2D eigenvalue weighted by Crippen LogP contribution is 2.29. The van der Waals surface area contributed by atoms with Gasteiger partial charge in [0.1, 0.15) is 0 Å². The predicted molar refractivity (Wildman–Crippen MR) is 98.1 cm³/mol. The molecule has 1 amide bonds. The quantitative estimate of drug-likeness (QED) is 0.543. The van der Waals surface area contributed by atoms with E-state index in [1.165, 1.54) is 18.2 Å². The summed E-state index contributed by atoms with van der Waals surface area (Å²) in [5, 5.41) is 20.2. The predicted octanol–water partition coefficient (Wildman–Crippen LogP) is 2.00. The van der Waals surface area contributed by atoms with E-state index in [0.717, 1.165) is 0 Å². The fraction of sp³-hybridized carbons (Fsp3) is 0.556. The molecule has 1 saturated heterocycles. The van der Waals surface area contributed by atoms with Crippen LogP contribution in [0.1, 0.15) is 37.0 Å². The molecule has 148 valence electrons. The Morgan fingerprint density at radius 3 is 2.52 bits per heavy atom. The number of benzene rings is 1. The largest absolute Gasteiger partial charge is 0.487 e. The number of hydrogen-bond acceptors (Lipinski definition) is 6. The van der Waals surface area contributed by atoms with Crippen LogP contribution in [0, 0.1) is 10.1 Å². The van der Waals surface area contributed by atoms with Crippen molar-refractivity contribution < 1.29 is 24.4 Å². The van der Waals surface area contributed by atoms with Gasteiger partial charge in [0.2, 0.25) is 0 Å². The van der Waals surface area contributed by atoms with Crippen LogP contribution in [0.5, 0.6) is 5.75 Å². The summed E-state index contributed by atoms with van der Waals surface area (Å²) < 4.78 is 5.24. The number of nitro groups is 1. The molecule has 2 rings (SSSR count). The van der Waals surface area contributed by atoms with E-state index in [1.807, 2.05) is 11.8 Å². The lowest BCUT2D eigenvalue weighted by atomic mass is 10.0. The number of rotatable bonds is 8. The molecule has 9 heteroatoms.